The number of nitrogens with two attached hydrogens (primary N) is 2. The number of hydrogen-bond acceptors (Lipinski definition) is 3. The van der Waals surface area contributed by atoms with Crippen molar-refractivity contribution >= 4 is 71.0 Å². The Morgan fingerprint density at radius 3 is 1.90 bits per heavy atom. The van der Waals surface area contributed by atoms with E-state index in [0.29, 0.717) is 37.9 Å². The fourth-order valence-electron chi connectivity index (χ4n) is 1.34. The maximum absolute atomic E-state index is 6.01. The summed E-state index contributed by atoms with van der Waals surface area (Å²) in [7, 11) is 0. The first-order valence-electron chi connectivity index (χ1n) is 4.95. The van der Waals surface area contributed by atoms with Crippen LogP contribution >= 0.6 is 59.6 Å². The minimum atomic E-state index is 0. The molecule has 2 aromatic carbocycles. The third kappa shape index (κ3) is 4.40. The van der Waals surface area contributed by atoms with Crippen molar-refractivity contribution in [3.63, 3.8) is 0 Å². The Bertz CT molecular complexity index is 607. The summed E-state index contributed by atoms with van der Waals surface area (Å²) >= 11 is 17.8. The predicted molar refractivity (Wildman–Crippen MR) is 91.3 cm³/mol. The van der Waals surface area contributed by atoms with Crippen LogP contribution in [0.2, 0.25) is 15.1 Å². The molecule has 0 saturated heterocycles. The van der Waals surface area contributed by atoms with Gasteiger partial charge in [0.1, 0.15) is 11.5 Å². The van der Waals surface area contributed by atoms with Gasteiger partial charge in [0.15, 0.2) is 0 Å². The fraction of sp³-hybridized carbons (Fsp3) is 0. The van der Waals surface area contributed by atoms with E-state index in [4.69, 9.17) is 51.0 Å². The zero-order valence-corrected chi connectivity index (χ0v) is 13.8. The van der Waals surface area contributed by atoms with Gasteiger partial charge in [-0.15, -0.1) is 24.8 Å². The maximum atomic E-state index is 6.01. The SMILES string of the molecule is Cl.Cl.Nc1cc(Cl)c(Oc2ccc(Cl)cc2Cl)cc1N. The Kier molecular flexibility index (Phi) is 7.63. The minimum Gasteiger partial charge on any atom is -0.454 e. The Labute approximate surface area is 143 Å². The van der Waals surface area contributed by atoms with E-state index in [-0.39, 0.29) is 24.8 Å². The monoisotopic (exact) mass is 374 g/mol. The lowest BCUT2D eigenvalue weighted by atomic mass is 10.2. The van der Waals surface area contributed by atoms with E-state index < -0.39 is 0 Å². The molecule has 0 aliphatic carbocycles. The zero-order valence-electron chi connectivity index (χ0n) is 9.90. The number of hydrogen-bond donors (Lipinski definition) is 2. The molecule has 3 nitrogen and oxygen atoms in total. The van der Waals surface area contributed by atoms with Crippen LogP contribution in [-0.2, 0) is 0 Å². The second kappa shape index (κ2) is 7.91. The number of nitrogen functional groups attached to an aromatic ring is 2. The summed E-state index contributed by atoms with van der Waals surface area (Å²) in [4.78, 5) is 0. The van der Waals surface area contributed by atoms with Crippen LogP contribution in [0.1, 0.15) is 0 Å². The molecule has 0 heterocycles. The molecule has 0 aliphatic rings. The Balaban J connectivity index is 0.00000180. The van der Waals surface area contributed by atoms with E-state index in [2.05, 4.69) is 0 Å². The van der Waals surface area contributed by atoms with E-state index in [1.807, 2.05) is 0 Å². The first-order chi connectivity index (χ1) is 8.47. The Morgan fingerprint density at radius 2 is 1.30 bits per heavy atom. The van der Waals surface area contributed by atoms with Crippen LogP contribution in [0.25, 0.3) is 0 Å². The minimum absolute atomic E-state index is 0. The van der Waals surface area contributed by atoms with Gasteiger partial charge in [-0.2, -0.15) is 0 Å². The van der Waals surface area contributed by atoms with Crippen molar-refractivity contribution in [3.8, 4) is 11.5 Å². The molecule has 8 heteroatoms. The van der Waals surface area contributed by atoms with Crippen LogP contribution in [-0.4, -0.2) is 0 Å². The lowest BCUT2D eigenvalue weighted by Crippen LogP contribution is -1.96. The van der Waals surface area contributed by atoms with Crippen molar-refractivity contribution < 1.29 is 4.74 Å². The molecular formula is C12H11Cl5N2O. The van der Waals surface area contributed by atoms with E-state index in [9.17, 15) is 0 Å². The Morgan fingerprint density at radius 1 is 0.750 bits per heavy atom. The predicted octanol–water partition coefficient (Wildman–Crippen LogP) is 5.45. The Hall–Kier alpha value is -0.710. The van der Waals surface area contributed by atoms with Crippen LogP contribution in [0.4, 0.5) is 11.4 Å². The molecule has 4 N–H and O–H groups in total. The van der Waals surface area contributed by atoms with Gasteiger partial charge in [-0.1, -0.05) is 34.8 Å². The van der Waals surface area contributed by atoms with Crippen molar-refractivity contribution in [1.29, 1.82) is 0 Å². The summed E-state index contributed by atoms with van der Waals surface area (Å²) in [6.45, 7) is 0. The first kappa shape index (κ1) is 19.3. The van der Waals surface area contributed by atoms with Gasteiger partial charge in [-0.05, 0) is 24.3 Å². The molecule has 0 saturated carbocycles. The highest BCUT2D eigenvalue weighted by molar-refractivity contribution is 6.35. The lowest BCUT2D eigenvalue weighted by Gasteiger charge is -2.11. The summed E-state index contributed by atoms with van der Waals surface area (Å²) in [6, 6.07) is 7.95. The fourth-order valence-corrected chi connectivity index (χ4v) is 2.00. The average molecular weight is 376 g/mol. The van der Waals surface area contributed by atoms with Gasteiger partial charge in [0.25, 0.3) is 0 Å². The number of halogens is 5. The molecule has 0 fully saturated rings. The topological polar surface area (TPSA) is 61.3 Å². The summed E-state index contributed by atoms with van der Waals surface area (Å²) < 4.78 is 5.57. The van der Waals surface area contributed by atoms with Crippen molar-refractivity contribution in [2.75, 3.05) is 11.5 Å². The molecule has 2 rings (SSSR count). The van der Waals surface area contributed by atoms with Gasteiger partial charge in [0.05, 0.1) is 21.4 Å². The van der Waals surface area contributed by atoms with E-state index in [1.54, 1.807) is 24.3 Å². The van der Waals surface area contributed by atoms with E-state index in [1.165, 1.54) is 6.07 Å². The van der Waals surface area contributed by atoms with Crippen molar-refractivity contribution in [3.05, 3.63) is 45.4 Å². The summed E-state index contributed by atoms with van der Waals surface area (Å²) in [6.07, 6.45) is 0. The highest BCUT2D eigenvalue weighted by atomic mass is 35.5. The summed E-state index contributed by atoms with van der Waals surface area (Å²) in [5.74, 6) is 0.819. The molecule has 0 aromatic heterocycles. The van der Waals surface area contributed by atoms with Crippen molar-refractivity contribution in [2.45, 2.75) is 0 Å². The highest BCUT2D eigenvalue weighted by Gasteiger charge is 2.09. The molecule has 0 unspecified atom stereocenters. The molecule has 0 aliphatic heterocycles. The molecule has 0 bridgehead atoms. The smallest absolute Gasteiger partial charge is 0.148 e. The molecule has 0 radical (unpaired) electrons. The first-order valence-corrected chi connectivity index (χ1v) is 6.08. The van der Waals surface area contributed by atoms with E-state index in [0.717, 1.165) is 0 Å². The van der Waals surface area contributed by atoms with Gasteiger partial charge < -0.3 is 16.2 Å². The highest BCUT2D eigenvalue weighted by Crippen LogP contribution is 2.37. The van der Waals surface area contributed by atoms with E-state index >= 15 is 0 Å². The number of rotatable bonds is 2. The van der Waals surface area contributed by atoms with Crippen LogP contribution in [0.3, 0.4) is 0 Å². The van der Waals surface area contributed by atoms with Gasteiger partial charge in [0.2, 0.25) is 0 Å². The van der Waals surface area contributed by atoms with Gasteiger partial charge in [-0.25, -0.2) is 0 Å². The largest absolute Gasteiger partial charge is 0.454 e. The van der Waals surface area contributed by atoms with Crippen molar-refractivity contribution in [2.24, 2.45) is 0 Å². The maximum Gasteiger partial charge on any atom is 0.148 e. The molecule has 0 atom stereocenters. The standard InChI is InChI=1S/C12H9Cl3N2O.2ClH/c13-6-1-2-11(7(14)3-6)18-12-5-10(17)9(16)4-8(12)15;;/h1-5H,16-17H2;2*1H. The molecule has 110 valence electrons. The molecule has 20 heavy (non-hydrogen) atoms. The van der Waals surface area contributed by atoms with Crippen molar-refractivity contribution in [1.82, 2.24) is 0 Å². The van der Waals surface area contributed by atoms with Crippen LogP contribution in [0.15, 0.2) is 30.3 Å². The number of ether oxygens (including phenoxy) is 1. The zero-order chi connectivity index (χ0) is 13.3. The third-order valence-corrected chi connectivity index (χ3v) is 3.08. The average Bonchev–Trinajstić information content (AvgIpc) is 2.29. The van der Waals surface area contributed by atoms with Crippen LogP contribution in [0, 0.1) is 0 Å². The number of benzene rings is 2. The molecule has 2 aromatic rings. The van der Waals surface area contributed by atoms with Gasteiger partial charge in [0, 0.05) is 11.1 Å². The van der Waals surface area contributed by atoms with Crippen LogP contribution < -0.4 is 16.2 Å². The molecule has 0 spiro atoms. The third-order valence-electron chi connectivity index (χ3n) is 2.25. The number of anilines is 2. The second-order valence-corrected chi connectivity index (χ2v) is 4.84. The summed E-state index contributed by atoms with van der Waals surface area (Å²) in [5, 5.41) is 1.26. The molecule has 0 amide bonds. The molecular weight excluding hydrogens is 365 g/mol. The normalized spacial score (nSPS) is 9.35. The second-order valence-electron chi connectivity index (χ2n) is 3.59. The van der Waals surface area contributed by atoms with Gasteiger partial charge in [-0.3, -0.25) is 0 Å². The van der Waals surface area contributed by atoms with Crippen LogP contribution in [0.5, 0.6) is 11.5 Å². The van der Waals surface area contributed by atoms with Gasteiger partial charge >= 0.3 is 0 Å². The lowest BCUT2D eigenvalue weighted by molar-refractivity contribution is 0.483. The quantitative estimate of drug-likeness (QED) is 0.685. The summed E-state index contributed by atoms with van der Waals surface area (Å²) in [5.41, 5.74) is 12.1.